The first-order valence-electron chi connectivity index (χ1n) is 22.8. The van der Waals surface area contributed by atoms with E-state index in [-0.39, 0.29) is 0 Å². The van der Waals surface area contributed by atoms with Crippen LogP contribution < -0.4 is 21.3 Å². The van der Waals surface area contributed by atoms with Crippen LogP contribution in [0.25, 0.3) is 0 Å². The third-order valence-electron chi connectivity index (χ3n) is 15.5. The number of rotatable bonds is 0. The second kappa shape index (κ2) is 20.3. The normalized spacial score (nSPS) is 42.8. The van der Waals surface area contributed by atoms with Crippen molar-refractivity contribution in [2.24, 2.45) is 29.6 Å². The maximum absolute atomic E-state index is 3.58. The van der Waals surface area contributed by atoms with Gasteiger partial charge in [-0.3, -0.25) is 0 Å². The van der Waals surface area contributed by atoms with Gasteiger partial charge in [0.2, 0.25) is 0 Å². The third kappa shape index (κ3) is 11.3. The van der Waals surface area contributed by atoms with E-state index in [0.29, 0.717) is 0 Å². The van der Waals surface area contributed by atoms with Crippen molar-refractivity contribution in [2.75, 3.05) is 58.9 Å². The maximum atomic E-state index is 3.58. The van der Waals surface area contributed by atoms with E-state index in [1.807, 2.05) is 0 Å². The quantitative estimate of drug-likeness (QED) is 0.198. The second-order valence-electron chi connectivity index (χ2n) is 18.7. The standard InChI is InChI=1S/C8H15N.C8H13N.4C7H13N/c2*1-2-6-9-8-5-4-7(8)3-1;1-4-8-5-2-7(1)3-6-8;1-3-7-4-2-6(1)5-8-7;1-2-6-3-4-7(6)8-5-1;1-2-5-8-6-4-7(8)3-1/h7-9H,1-6H2;1-2,7-9H,3-6H2;7H,1-6H2;2*6-8H,1-5H2;7H,1-6H2. The Morgan fingerprint density at radius 3 is 1.52 bits per heavy atom. The van der Waals surface area contributed by atoms with Crippen molar-refractivity contribution in [1.29, 1.82) is 0 Å². The zero-order chi connectivity index (χ0) is 33.8. The molecule has 14 rings (SSSR count). The van der Waals surface area contributed by atoms with Gasteiger partial charge in [0.15, 0.2) is 0 Å². The monoisotopic (exact) mass is 693 g/mol. The molecule has 4 N–H and O–H groups in total. The fourth-order valence-corrected chi connectivity index (χ4v) is 11.1. The first-order valence-corrected chi connectivity index (χ1v) is 22.8. The van der Waals surface area contributed by atoms with Gasteiger partial charge in [-0.2, -0.15) is 0 Å². The summed E-state index contributed by atoms with van der Waals surface area (Å²) in [5, 5.41) is 14.1. The molecule has 10 aliphatic heterocycles. The fourth-order valence-electron chi connectivity index (χ4n) is 11.1. The summed E-state index contributed by atoms with van der Waals surface area (Å²) >= 11 is 0. The molecule has 4 bridgehead atoms. The minimum absolute atomic E-state index is 0.861. The Bertz CT molecular complexity index is 842. The molecule has 7 atom stereocenters. The smallest absolute Gasteiger partial charge is 0.0137 e. The first-order chi connectivity index (χ1) is 24.8. The Morgan fingerprint density at radius 1 is 0.420 bits per heavy atom. The van der Waals surface area contributed by atoms with Gasteiger partial charge < -0.3 is 31.1 Å². The van der Waals surface area contributed by atoms with Gasteiger partial charge >= 0.3 is 0 Å². The predicted molar refractivity (Wildman–Crippen MR) is 212 cm³/mol. The molecule has 14 aliphatic rings. The highest BCUT2D eigenvalue weighted by molar-refractivity contribution is 4.99. The van der Waals surface area contributed by atoms with Crippen LogP contribution in [-0.4, -0.2) is 98.9 Å². The van der Waals surface area contributed by atoms with Gasteiger partial charge in [-0.05, 0) is 217 Å². The van der Waals surface area contributed by atoms with Crippen molar-refractivity contribution in [3.05, 3.63) is 12.2 Å². The lowest BCUT2D eigenvalue weighted by atomic mass is 9.75. The number of hydrogen-bond acceptors (Lipinski definition) is 6. The van der Waals surface area contributed by atoms with E-state index >= 15 is 0 Å². The summed E-state index contributed by atoms with van der Waals surface area (Å²) in [6.45, 7) is 11.9. The van der Waals surface area contributed by atoms with E-state index in [4.69, 9.17) is 0 Å². The molecule has 9 saturated heterocycles. The molecule has 0 aromatic carbocycles. The van der Waals surface area contributed by atoms with Crippen LogP contribution in [0, 0.1) is 29.6 Å². The Hall–Kier alpha value is -0.500. The van der Waals surface area contributed by atoms with Crippen LogP contribution in [0.1, 0.15) is 148 Å². The summed E-state index contributed by atoms with van der Waals surface area (Å²) in [7, 11) is 0. The predicted octanol–water partition coefficient (Wildman–Crippen LogP) is 7.50. The third-order valence-corrected chi connectivity index (χ3v) is 15.5. The van der Waals surface area contributed by atoms with E-state index in [9.17, 15) is 0 Å². The highest BCUT2D eigenvalue weighted by atomic mass is 15.2. The number of fused-ring (bicyclic) bond motifs is 10. The Labute approximate surface area is 308 Å². The first kappa shape index (κ1) is 37.8. The number of piperidine rings is 7. The molecule has 7 unspecified atom stereocenters. The molecule has 0 aromatic rings. The Kier molecular flexibility index (Phi) is 15.3. The van der Waals surface area contributed by atoms with E-state index in [0.717, 1.165) is 66.3 Å². The summed E-state index contributed by atoms with van der Waals surface area (Å²) < 4.78 is 0. The molecule has 4 saturated carbocycles. The summed E-state index contributed by atoms with van der Waals surface area (Å²) in [4.78, 5) is 5.20. The molecule has 10 heterocycles. The molecule has 0 radical (unpaired) electrons. The van der Waals surface area contributed by atoms with Crippen molar-refractivity contribution >= 4 is 0 Å². The van der Waals surface area contributed by atoms with Crippen molar-refractivity contribution in [3.63, 3.8) is 0 Å². The molecule has 50 heavy (non-hydrogen) atoms. The van der Waals surface area contributed by atoms with Gasteiger partial charge in [-0.15, -0.1) is 0 Å². The van der Waals surface area contributed by atoms with E-state index in [2.05, 4.69) is 43.2 Å². The largest absolute Gasteiger partial charge is 0.314 e. The lowest BCUT2D eigenvalue weighted by Gasteiger charge is -2.44. The Morgan fingerprint density at radius 2 is 1.08 bits per heavy atom. The topological polar surface area (TPSA) is 54.6 Å². The number of nitrogens with one attached hydrogen (secondary N) is 4. The molecule has 6 heteroatoms. The van der Waals surface area contributed by atoms with Gasteiger partial charge in [0.05, 0.1) is 0 Å². The average Bonchev–Trinajstić information content (AvgIpc) is 3.41. The Balaban J connectivity index is 0.0000000941. The van der Waals surface area contributed by atoms with Gasteiger partial charge in [0, 0.05) is 36.8 Å². The highest BCUT2D eigenvalue weighted by Crippen LogP contribution is 2.35. The zero-order valence-corrected chi connectivity index (χ0v) is 32.5. The maximum Gasteiger partial charge on any atom is 0.0137 e. The molecular weight excluding hydrogens is 613 g/mol. The minimum Gasteiger partial charge on any atom is -0.314 e. The lowest BCUT2D eigenvalue weighted by Crippen LogP contribution is -2.50. The molecule has 0 aromatic heterocycles. The second-order valence-corrected chi connectivity index (χ2v) is 18.7. The molecule has 0 amide bonds. The van der Waals surface area contributed by atoms with Crippen LogP contribution in [0.2, 0.25) is 0 Å². The molecule has 13 fully saturated rings. The molecular formula is C44H80N6. The molecule has 0 spiro atoms. The summed E-state index contributed by atoms with van der Waals surface area (Å²) in [6.07, 6.45) is 38.2. The number of nitrogens with zero attached hydrogens (tertiary/aromatic N) is 2. The zero-order valence-electron chi connectivity index (χ0n) is 32.5. The fraction of sp³-hybridized carbons (Fsp3) is 0.955. The summed E-state index contributed by atoms with van der Waals surface area (Å²) in [6, 6.07) is 4.64. The van der Waals surface area contributed by atoms with E-state index in [1.165, 1.54) is 200 Å². The molecule has 4 aliphatic carbocycles. The van der Waals surface area contributed by atoms with Gasteiger partial charge in [-0.1, -0.05) is 25.0 Å². The molecule has 286 valence electrons. The van der Waals surface area contributed by atoms with Crippen LogP contribution in [0.3, 0.4) is 0 Å². The lowest BCUT2D eigenvalue weighted by molar-refractivity contribution is 0.0549. The van der Waals surface area contributed by atoms with Crippen molar-refractivity contribution < 1.29 is 0 Å². The van der Waals surface area contributed by atoms with Crippen molar-refractivity contribution in [3.8, 4) is 0 Å². The number of hydrogen-bond donors (Lipinski definition) is 4. The van der Waals surface area contributed by atoms with Crippen molar-refractivity contribution in [2.45, 2.75) is 178 Å². The van der Waals surface area contributed by atoms with E-state index in [1.54, 1.807) is 0 Å². The van der Waals surface area contributed by atoms with E-state index < -0.39 is 0 Å². The van der Waals surface area contributed by atoms with Crippen LogP contribution in [-0.2, 0) is 0 Å². The average molecular weight is 693 g/mol. The van der Waals surface area contributed by atoms with Crippen LogP contribution >= 0.6 is 0 Å². The van der Waals surface area contributed by atoms with Gasteiger partial charge in [-0.25, -0.2) is 0 Å². The van der Waals surface area contributed by atoms with Gasteiger partial charge in [0.1, 0.15) is 0 Å². The van der Waals surface area contributed by atoms with Crippen LogP contribution in [0.5, 0.6) is 0 Å². The number of allylic oxidation sites excluding steroid dienone is 1. The van der Waals surface area contributed by atoms with Crippen LogP contribution in [0.15, 0.2) is 12.2 Å². The van der Waals surface area contributed by atoms with Gasteiger partial charge in [0.25, 0.3) is 0 Å². The SMILES string of the molecule is C1=CCC2CCC2NC1.C1CC2CCC1CN2.C1CCC2CCC2NC1.C1CCN2CCC2C1.C1CN2CCC1CC2.C1CNC2CCC2C1. The summed E-state index contributed by atoms with van der Waals surface area (Å²) in [5.41, 5.74) is 0. The minimum atomic E-state index is 0.861. The van der Waals surface area contributed by atoms with Crippen molar-refractivity contribution in [1.82, 2.24) is 31.1 Å². The highest BCUT2D eigenvalue weighted by Gasteiger charge is 2.33. The summed E-state index contributed by atoms with van der Waals surface area (Å²) in [5.74, 6) is 5.26. The molecule has 6 nitrogen and oxygen atoms in total. The van der Waals surface area contributed by atoms with Crippen LogP contribution in [0.4, 0.5) is 0 Å².